The first-order valence-electron chi connectivity index (χ1n) is 9.44. The van der Waals surface area contributed by atoms with Gasteiger partial charge in [-0.2, -0.15) is 5.10 Å². The Balaban J connectivity index is 1.58. The molecule has 0 aromatic carbocycles. The molecule has 152 valence electrons. The Morgan fingerprint density at radius 3 is 2.93 bits per heavy atom. The van der Waals surface area contributed by atoms with Gasteiger partial charge in [-0.3, -0.25) is 9.97 Å². The fraction of sp³-hybridized carbons (Fsp3) is 0.421. The molecule has 1 aliphatic heterocycles. The zero-order valence-electron chi connectivity index (χ0n) is 16.5. The monoisotopic (exact) mass is 397 g/mol. The largest absolute Gasteiger partial charge is 0.444 e. The number of fused-ring (bicyclic) bond motifs is 1. The van der Waals surface area contributed by atoms with Crippen molar-refractivity contribution in [3.8, 4) is 11.5 Å². The van der Waals surface area contributed by atoms with Crippen LogP contribution in [0, 0.1) is 0 Å². The molecule has 0 aliphatic carbocycles. The SMILES string of the molecule is CC(C)(C)OC(=O)N1CCC(Nc2nc(-c3n[nH]c(=O)[nH]3)cc3cccnc23)C1. The first kappa shape index (κ1) is 18.9. The summed E-state index contributed by atoms with van der Waals surface area (Å²) in [6, 6.07) is 5.59. The standard InChI is InChI=1S/C19H23N7O3/c1-19(2,3)29-18(28)26-8-6-12(10-26)21-16-14-11(5-4-7-20-14)9-13(22-16)15-23-17(27)25-24-15/h4-5,7,9,12H,6,8,10H2,1-3H3,(H,21,22)(H2,23,24,25,27). The average molecular weight is 397 g/mol. The first-order chi connectivity index (χ1) is 13.8. The van der Waals surface area contributed by atoms with Gasteiger partial charge in [-0.25, -0.2) is 19.7 Å². The van der Waals surface area contributed by atoms with Crippen molar-refractivity contribution in [2.24, 2.45) is 0 Å². The number of hydrogen-bond donors (Lipinski definition) is 3. The number of nitrogens with zero attached hydrogens (tertiary/aromatic N) is 4. The van der Waals surface area contributed by atoms with Crippen molar-refractivity contribution < 1.29 is 9.53 Å². The van der Waals surface area contributed by atoms with Gasteiger partial charge in [0.05, 0.1) is 0 Å². The fourth-order valence-electron chi connectivity index (χ4n) is 3.26. The van der Waals surface area contributed by atoms with Crippen LogP contribution in [0.15, 0.2) is 29.2 Å². The fourth-order valence-corrected chi connectivity index (χ4v) is 3.26. The van der Waals surface area contributed by atoms with Crippen LogP contribution in [0.2, 0.25) is 0 Å². The number of likely N-dealkylation sites (tertiary alicyclic amines) is 1. The zero-order valence-corrected chi connectivity index (χ0v) is 16.5. The van der Waals surface area contributed by atoms with Gasteiger partial charge in [-0.15, -0.1) is 0 Å². The van der Waals surface area contributed by atoms with E-state index in [1.165, 1.54) is 0 Å². The molecule has 0 radical (unpaired) electrons. The lowest BCUT2D eigenvalue weighted by Gasteiger charge is -2.24. The molecule has 1 unspecified atom stereocenters. The second-order valence-corrected chi connectivity index (χ2v) is 8.01. The number of aromatic nitrogens is 5. The second kappa shape index (κ2) is 7.19. The van der Waals surface area contributed by atoms with Crippen LogP contribution < -0.4 is 11.0 Å². The Bertz CT molecular complexity index is 1100. The molecular weight excluding hydrogens is 374 g/mol. The number of ether oxygens (including phenoxy) is 1. The molecule has 1 fully saturated rings. The highest BCUT2D eigenvalue weighted by molar-refractivity contribution is 5.90. The van der Waals surface area contributed by atoms with Gasteiger partial charge >= 0.3 is 11.8 Å². The molecule has 10 heteroatoms. The third-order valence-corrected chi connectivity index (χ3v) is 4.51. The molecule has 0 bridgehead atoms. The van der Waals surface area contributed by atoms with Gasteiger partial charge < -0.3 is 15.0 Å². The van der Waals surface area contributed by atoms with E-state index in [1.54, 1.807) is 11.1 Å². The molecule has 3 N–H and O–H groups in total. The summed E-state index contributed by atoms with van der Waals surface area (Å²) in [6.07, 6.45) is 2.15. The summed E-state index contributed by atoms with van der Waals surface area (Å²) in [6.45, 7) is 6.66. The van der Waals surface area contributed by atoms with Gasteiger partial charge in [-0.05, 0) is 39.3 Å². The highest BCUT2D eigenvalue weighted by Gasteiger charge is 2.30. The van der Waals surface area contributed by atoms with Gasteiger partial charge in [-0.1, -0.05) is 6.07 Å². The lowest BCUT2D eigenvalue weighted by atomic mass is 10.2. The molecule has 1 amide bonds. The van der Waals surface area contributed by atoms with E-state index in [0.29, 0.717) is 35.9 Å². The molecular formula is C19H23N7O3. The minimum absolute atomic E-state index is 0.00806. The van der Waals surface area contributed by atoms with E-state index in [1.807, 2.05) is 39.0 Å². The number of hydrogen-bond acceptors (Lipinski definition) is 7. The van der Waals surface area contributed by atoms with Gasteiger partial charge in [0.15, 0.2) is 11.6 Å². The predicted octanol–water partition coefficient (Wildman–Crippen LogP) is 2.13. The Kier molecular flexibility index (Phi) is 4.69. The van der Waals surface area contributed by atoms with Crippen LogP contribution >= 0.6 is 0 Å². The number of anilines is 1. The molecule has 0 spiro atoms. The molecule has 29 heavy (non-hydrogen) atoms. The Morgan fingerprint density at radius 2 is 2.21 bits per heavy atom. The maximum Gasteiger partial charge on any atom is 0.410 e. The zero-order chi connectivity index (χ0) is 20.6. The summed E-state index contributed by atoms with van der Waals surface area (Å²) >= 11 is 0. The number of carbonyl (C=O) groups is 1. The van der Waals surface area contributed by atoms with Crippen LogP contribution in [0.25, 0.3) is 22.4 Å². The Morgan fingerprint density at radius 1 is 1.38 bits per heavy atom. The maximum absolute atomic E-state index is 12.3. The number of rotatable bonds is 3. The van der Waals surface area contributed by atoms with Crippen molar-refractivity contribution in [2.75, 3.05) is 18.4 Å². The maximum atomic E-state index is 12.3. The van der Waals surface area contributed by atoms with Crippen LogP contribution in [0.5, 0.6) is 0 Å². The van der Waals surface area contributed by atoms with Crippen LogP contribution in [0.4, 0.5) is 10.6 Å². The topological polar surface area (TPSA) is 129 Å². The smallest absolute Gasteiger partial charge is 0.410 e. The minimum Gasteiger partial charge on any atom is -0.444 e. The van der Waals surface area contributed by atoms with E-state index in [-0.39, 0.29) is 12.1 Å². The molecule has 10 nitrogen and oxygen atoms in total. The highest BCUT2D eigenvalue weighted by Crippen LogP contribution is 2.26. The van der Waals surface area contributed by atoms with Gasteiger partial charge in [0.25, 0.3) is 0 Å². The minimum atomic E-state index is -0.529. The average Bonchev–Trinajstić information content (AvgIpc) is 3.29. The molecule has 3 aromatic rings. The molecule has 1 atom stereocenters. The first-order valence-corrected chi connectivity index (χ1v) is 9.44. The normalized spacial score (nSPS) is 16.9. The predicted molar refractivity (Wildman–Crippen MR) is 108 cm³/mol. The number of aromatic amines is 2. The third-order valence-electron chi connectivity index (χ3n) is 4.51. The third kappa shape index (κ3) is 4.20. The van der Waals surface area contributed by atoms with Gasteiger partial charge in [0, 0.05) is 30.7 Å². The summed E-state index contributed by atoms with van der Waals surface area (Å²) in [5.74, 6) is 0.934. The number of nitrogens with one attached hydrogen (secondary N) is 3. The number of amides is 1. The number of H-pyrrole nitrogens is 2. The molecule has 3 aromatic heterocycles. The van der Waals surface area contributed by atoms with Crippen LogP contribution in [0.1, 0.15) is 27.2 Å². The molecule has 1 aliphatic rings. The van der Waals surface area contributed by atoms with Crippen molar-refractivity contribution in [3.05, 3.63) is 34.9 Å². The molecule has 1 saturated heterocycles. The van der Waals surface area contributed by atoms with Crippen molar-refractivity contribution in [1.82, 2.24) is 30.0 Å². The summed E-state index contributed by atoms with van der Waals surface area (Å²) in [5, 5.41) is 10.6. The quantitative estimate of drug-likeness (QED) is 0.617. The van der Waals surface area contributed by atoms with E-state index in [4.69, 9.17) is 4.74 Å². The van der Waals surface area contributed by atoms with Crippen LogP contribution in [-0.2, 0) is 4.74 Å². The van der Waals surface area contributed by atoms with E-state index >= 15 is 0 Å². The van der Waals surface area contributed by atoms with Crippen molar-refractivity contribution >= 4 is 22.8 Å². The molecule has 4 rings (SSSR count). The Hall–Kier alpha value is -3.43. The van der Waals surface area contributed by atoms with Gasteiger partial charge in [0.1, 0.15) is 16.8 Å². The molecule has 0 saturated carbocycles. The highest BCUT2D eigenvalue weighted by atomic mass is 16.6. The van der Waals surface area contributed by atoms with Crippen molar-refractivity contribution in [1.29, 1.82) is 0 Å². The van der Waals surface area contributed by atoms with Crippen LogP contribution in [0.3, 0.4) is 0 Å². The van der Waals surface area contributed by atoms with E-state index in [0.717, 1.165) is 11.8 Å². The Labute approximate surface area is 166 Å². The summed E-state index contributed by atoms with van der Waals surface area (Å²) in [7, 11) is 0. The van der Waals surface area contributed by atoms with Gasteiger partial charge in [0.2, 0.25) is 0 Å². The van der Waals surface area contributed by atoms with E-state index < -0.39 is 11.3 Å². The molecule has 4 heterocycles. The number of pyridine rings is 2. The lowest BCUT2D eigenvalue weighted by Crippen LogP contribution is -2.36. The summed E-state index contributed by atoms with van der Waals surface area (Å²) in [5.41, 5.74) is 0.309. The summed E-state index contributed by atoms with van der Waals surface area (Å²) < 4.78 is 5.46. The van der Waals surface area contributed by atoms with Crippen molar-refractivity contribution in [2.45, 2.75) is 38.8 Å². The van der Waals surface area contributed by atoms with E-state index in [2.05, 4.69) is 30.5 Å². The lowest BCUT2D eigenvalue weighted by molar-refractivity contribution is 0.0293. The summed E-state index contributed by atoms with van der Waals surface area (Å²) in [4.78, 5) is 37.1. The number of carbonyl (C=O) groups excluding carboxylic acids is 1. The van der Waals surface area contributed by atoms with Crippen molar-refractivity contribution in [3.63, 3.8) is 0 Å². The van der Waals surface area contributed by atoms with Crippen LogP contribution in [-0.4, -0.2) is 60.9 Å². The van der Waals surface area contributed by atoms with E-state index in [9.17, 15) is 9.59 Å². The second-order valence-electron chi connectivity index (χ2n) is 8.01.